The number of carbonyl (C=O) groups is 1. The third-order valence-corrected chi connectivity index (χ3v) is 5.65. The van der Waals surface area contributed by atoms with E-state index in [0.717, 1.165) is 16.9 Å². The Kier molecular flexibility index (Phi) is 7.46. The highest BCUT2D eigenvalue weighted by atomic mass is 32.2. The van der Waals surface area contributed by atoms with Crippen molar-refractivity contribution in [3.63, 3.8) is 0 Å². The molecule has 5 nitrogen and oxygen atoms in total. The fraction of sp³-hybridized carbons (Fsp3) is 0.292. The summed E-state index contributed by atoms with van der Waals surface area (Å²) in [5.41, 5.74) is 3.16. The van der Waals surface area contributed by atoms with Crippen LogP contribution >= 0.6 is 0 Å². The summed E-state index contributed by atoms with van der Waals surface area (Å²) in [5.74, 6) is 2.00. The van der Waals surface area contributed by atoms with Crippen molar-refractivity contribution >= 4 is 16.7 Å². The van der Waals surface area contributed by atoms with Crippen molar-refractivity contribution in [2.75, 3.05) is 0 Å². The van der Waals surface area contributed by atoms with Gasteiger partial charge in [0.25, 0.3) is 5.91 Å². The van der Waals surface area contributed by atoms with Crippen LogP contribution in [0.5, 0.6) is 5.75 Å². The van der Waals surface area contributed by atoms with Crippen LogP contribution in [0.4, 0.5) is 0 Å². The second kappa shape index (κ2) is 10.3. The van der Waals surface area contributed by atoms with Crippen molar-refractivity contribution in [3.05, 3.63) is 88.9 Å². The molecule has 2 aromatic carbocycles. The molecule has 1 aromatic heterocycles. The number of hydrogen-bond donors (Lipinski definition) is 1. The average Bonchev–Trinajstić information content (AvgIpc) is 3.17. The molecule has 1 atom stereocenters. The second-order valence-electron chi connectivity index (χ2n) is 7.47. The number of hydrogen-bond acceptors (Lipinski definition) is 4. The van der Waals surface area contributed by atoms with Gasteiger partial charge < -0.3 is 14.5 Å². The standard InChI is InChI=1S/C24H27NO4S/c1-17(2)28-21-10-8-19(9-11-21)14-25-24(26)23-13-12-22(29-23)16-30(27)15-20-6-4-18(3)5-7-20/h4-13,17H,14-16H2,1-3H3,(H,25,26)/t30-/m0/s1. The van der Waals surface area contributed by atoms with Crippen LogP contribution in [0.1, 0.15) is 46.9 Å². The van der Waals surface area contributed by atoms with Crippen LogP contribution in [-0.4, -0.2) is 16.2 Å². The van der Waals surface area contributed by atoms with E-state index in [-0.39, 0.29) is 23.5 Å². The van der Waals surface area contributed by atoms with E-state index in [1.54, 1.807) is 12.1 Å². The zero-order valence-electron chi connectivity index (χ0n) is 17.5. The quantitative estimate of drug-likeness (QED) is 0.537. The molecule has 0 saturated heterocycles. The lowest BCUT2D eigenvalue weighted by Crippen LogP contribution is -2.22. The Balaban J connectivity index is 1.49. The number of nitrogens with one attached hydrogen (secondary N) is 1. The van der Waals surface area contributed by atoms with E-state index in [2.05, 4.69) is 5.32 Å². The van der Waals surface area contributed by atoms with Gasteiger partial charge in [-0.25, -0.2) is 0 Å². The normalized spacial score (nSPS) is 12.0. The van der Waals surface area contributed by atoms with E-state index in [1.807, 2.05) is 69.3 Å². The van der Waals surface area contributed by atoms with Crippen LogP contribution in [0.25, 0.3) is 0 Å². The number of aryl methyl sites for hydroxylation is 1. The molecule has 1 amide bonds. The van der Waals surface area contributed by atoms with Gasteiger partial charge in [0, 0.05) is 23.1 Å². The molecule has 0 unspecified atom stereocenters. The van der Waals surface area contributed by atoms with Gasteiger partial charge in [-0.3, -0.25) is 9.00 Å². The monoisotopic (exact) mass is 425 g/mol. The molecule has 0 fully saturated rings. The lowest BCUT2D eigenvalue weighted by Gasteiger charge is -2.10. The van der Waals surface area contributed by atoms with Crippen LogP contribution in [0.3, 0.4) is 0 Å². The summed E-state index contributed by atoms with van der Waals surface area (Å²) in [6, 6.07) is 18.9. The molecular formula is C24H27NO4S. The Morgan fingerprint density at radius 3 is 2.30 bits per heavy atom. The van der Waals surface area contributed by atoms with Crippen LogP contribution < -0.4 is 10.1 Å². The number of carbonyl (C=O) groups excluding carboxylic acids is 1. The Morgan fingerprint density at radius 1 is 0.967 bits per heavy atom. The summed E-state index contributed by atoms with van der Waals surface area (Å²) in [7, 11) is -1.11. The molecule has 0 radical (unpaired) electrons. The summed E-state index contributed by atoms with van der Waals surface area (Å²) < 4.78 is 23.6. The average molecular weight is 426 g/mol. The molecule has 3 aromatic rings. The molecule has 6 heteroatoms. The fourth-order valence-corrected chi connectivity index (χ4v) is 4.02. The van der Waals surface area contributed by atoms with Crippen molar-refractivity contribution in [1.82, 2.24) is 5.32 Å². The van der Waals surface area contributed by atoms with E-state index in [1.165, 1.54) is 5.56 Å². The third-order valence-electron chi connectivity index (χ3n) is 4.39. The maximum Gasteiger partial charge on any atom is 0.287 e. The van der Waals surface area contributed by atoms with Crippen molar-refractivity contribution < 1.29 is 18.2 Å². The first-order chi connectivity index (χ1) is 14.4. The highest BCUT2D eigenvalue weighted by Crippen LogP contribution is 2.15. The lowest BCUT2D eigenvalue weighted by molar-refractivity contribution is 0.0921. The second-order valence-corrected chi connectivity index (χ2v) is 8.93. The first-order valence-electron chi connectivity index (χ1n) is 9.92. The molecule has 0 aliphatic rings. The number of rotatable bonds is 9. The molecule has 30 heavy (non-hydrogen) atoms. The van der Waals surface area contributed by atoms with E-state index < -0.39 is 10.8 Å². The minimum absolute atomic E-state index is 0.120. The summed E-state index contributed by atoms with van der Waals surface area (Å²) in [6.45, 7) is 6.36. The van der Waals surface area contributed by atoms with Crippen molar-refractivity contribution in [1.29, 1.82) is 0 Å². The summed E-state index contributed by atoms with van der Waals surface area (Å²) in [5, 5.41) is 2.84. The molecule has 0 aliphatic carbocycles. The highest BCUT2D eigenvalue weighted by molar-refractivity contribution is 7.83. The fourth-order valence-electron chi connectivity index (χ4n) is 2.88. The first-order valence-corrected chi connectivity index (χ1v) is 11.4. The number of furan rings is 1. The largest absolute Gasteiger partial charge is 0.491 e. The van der Waals surface area contributed by atoms with Gasteiger partial charge in [-0.05, 0) is 56.2 Å². The van der Waals surface area contributed by atoms with Crippen molar-refractivity contribution in [3.8, 4) is 5.75 Å². The van der Waals surface area contributed by atoms with Gasteiger partial charge in [-0.2, -0.15) is 0 Å². The third kappa shape index (κ3) is 6.59. The van der Waals surface area contributed by atoms with Crippen LogP contribution in [0.15, 0.2) is 65.1 Å². The van der Waals surface area contributed by atoms with Crippen molar-refractivity contribution in [2.45, 2.75) is 44.9 Å². The lowest BCUT2D eigenvalue weighted by atomic mass is 10.2. The van der Waals surface area contributed by atoms with E-state index in [4.69, 9.17) is 9.15 Å². The molecule has 1 N–H and O–H groups in total. The highest BCUT2D eigenvalue weighted by Gasteiger charge is 2.13. The molecule has 0 aliphatic heterocycles. The summed E-state index contributed by atoms with van der Waals surface area (Å²) in [4.78, 5) is 12.3. The van der Waals surface area contributed by atoms with Crippen LogP contribution in [-0.2, 0) is 28.9 Å². The van der Waals surface area contributed by atoms with Crippen LogP contribution in [0.2, 0.25) is 0 Å². The molecular weight excluding hydrogens is 398 g/mol. The molecule has 1 heterocycles. The Labute approximate surface area is 179 Å². The van der Waals surface area contributed by atoms with E-state index in [0.29, 0.717) is 18.1 Å². The number of amides is 1. The van der Waals surface area contributed by atoms with Gasteiger partial charge in [0.1, 0.15) is 11.5 Å². The molecule has 0 bridgehead atoms. The molecule has 0 spiro atoms. The molecule has 0 saturated carbocycles. The smallest absolute Gasteiger partial charge is 0.287 e. The Hall–Kier alpha value is -2.86. The van der Waals surface area contributed by atoms with Gasteiger partial charge in [-0.15, -0.1) is 0 Å². The minimum Gasteiger partial charge on any atom is -0.491 e. The summed E-state index contributed by atoms with van der Waals surface area (Å²) in [6.07, 6.45) is 0.120. The van der Waals surface area contributed by atoms with Gasteiger partial charge in [0.05, 0.1) is 11.9 Å². The Bertz CT molecular complexity index is 991. The molecule has 158 valence electrons. The molecule has 3 rings (SSSR count). The Morgan fingerprint density at radius 2 is 1.63 bits per heavy atom. The van der Waals surface area contributed by atoms with Gasteiger partial charge in [0.15, 0.2) is 5.76 Å². The number of ether oxygens (including phenoxy) is 1. The summed E-state index contributed by atoms with van der Waals surface area (Å²) >= 11 is 0. The number of benzene rings is 2. The maximum absolute atomic E-state index is 12.4. The van der Waals surface area contributed by atoms with Crippen molar-refractivity contribution in [2.24, 2.45) is 0 Å². The van der Waals surface area contributed by atoms with Gasteiger partial charge in [-0.1, -0.05) is 42.0 Å². The SMILES string of the molecule is Cc1ccc(C[S@](=O)Cc2ccc(C(=O)NCc3ccc(OC(C)C)cc3)o2)cc1. The maximum atomic E-state index is 12.4. The van der Waals surface area contributed by atoms with E-state index >= 15 is 0 Å². The zero-order valence-corrected chi connectivity index (χ0v) is 18.3. The minimum atomic E-state index is -1.11. The van der Waals surface area contributed by atoms with Crippen LogP contribution in [0, 0.1) is 6.92 Å². The predicted molar refractivity (Wildman–Crippen MR) is 119 cm³/mol. The first kappa shape index (κ1) is 21.8. The predicted octanol–water partition coefficient (Wildman–Crippen LogP) is 4.75. The van der Waals surface area contributed by atoms with E-state index in [9.17, 15) is 9.00 Å². The zero-order chi connectivity index (χ0) is 21.5. The van der Waals surface area contributed by atoms with Gasteiger partial charge in [0.2, 0.25) is 0 Å². The van der Waals surface area contributed by atoms with Gasteiger partial charge >= 0.3 is 0 Å². The topological polar surface area (TPSA) is 68.5 Å².